The van der Waals surface area contributed by atoms with Crippen LogP contribution in [-0.4, -0.2) is 34.7 Å². The van der Waals surface area contributed by atoms with Crippen LogP contribution in [0.25, 0.3) is 0 Å². The molecule has 0 aromatic carbocycles. The van der Waals surface area contributed by atoms with Gasteiger partial charge >= 0.3 is 17.9 Å². The summed E-state index contributed by atoms with van der Waals surface area (Å²) >= 11 is 0. The second-order valence-electron chi connectivity index (χ2n) is 14.8. The monoisotopic (exact) mass is 532 g/mol. The van der Waals surface area contributed by atoms with E-state index in [0.29, 0.717) is 35.0 Å². The highest BCUT2D eigenvalue weighted by Crippen LogP contribution is 2.68. The lowest BCUT2D eigenvalue weighted by Gasteiger charge is -2.61. The van der Waals surface area contributed by atoms with Crippen LogP contribution in [0.3, 0.4) is 0 Å². The van der Waals surface area contributed by atoms with E-state index in [2.05, 4.69) is 20.8 Å². The quantitative estimate of drug-likeness (QED) is 0.333. The predicted octanol–water partition coefficient (Wildman–Crippen LogP) is 7.18. The number of ether oxygens (including phenoxy) is 2. The molecule has 0 aliphatic heterocycles. The van der Waals surface area contributed by atoms with Crippen molar-refractivity contribution in [1.29, 1.82) is 0 Å². The van der Waals surface area contributed by atoms with E-state index in [-0.39, 0.29) is 30.9 Å². The summed E-state index contributed by atoms with van der Waals surface area (Å²) < 4.78 is 11.3. The van der Waals surface area contributed by atoms with Crippen molar-refractivity contribution in [3.63, 3.8) is 0 Å². The topological polar surface area (TPSA) is 89.9 Å². The summed E-state index contributed by atoms with van der Waals surface area (Å²) in [5.74, 6) is 2.74. The van der Waals surface area contributed by atoms with E-state index < -0.39 is 11.6 Å². The number of carboxylic acid groups (broad SMARTS) is 1. The van der Waals surface area contributed by atoms with Gasteiger partial charge in [0.05, 0.1) is 12.8 Å². The number of fused-ring (bicyclic) bond motifs is 5. The minimum atomic E-state index is -0.952. The summed E-state index contributed by atoms with van der Waals surface area (Å²) in [6.45, 7) is 13.3. The van der Waals surface area contributed by atoms with Gasteiger partial charge in [-0.1, -0.05) is 20.8 Å². The van der Waals surface area contributed by atoms with Crippen molar-refractivity contribution in [2.24, 2.45) is 46.3 Å². The Labute approximate surface area is 230 Å². The van der Waals surface area contributed by atoms with E-state index in [4.69, 9.17) is 14.6 Å². The van der Waals surface area contributed by atoms with Gasteiger partial charge in [-0.2, -0.15) is 0 Å². The first-order valence-corrected chi connectivity index (χ1v) is 15.4. The molecule has 4 aliphatic rings. The second-order valence-corrected chi connectivity index (χ2v) is 14.8. The smallest absolute Gasteiger partial charge is 0.306 e. The Kier molecular flexibility index (Phi) is 8.60. The van der Waals surface area contributed by atoms with Crippen LogP contribution in [0.5, 0.6) is 0 Å². The molecule has 38 heavy (non-hydrogen) atoms. The first-order valence-electron chi connectivity index (χ1n) is 15.4. The fourth-order valence-corrected chi connectivity index (χ4v) is 9.69. The highest BCUT2D eigenvalue weighted by molar-refractivity contribution is 5.76. The van der Waals surface area contributed by atoms with Crippen LogP contribution >= 0.6 is 0 Å². The molecule has 4 saturated carbocycles. The van der Waals surface area contributed by atoms with Crippen LogP contribution in [0.2, 0.25) is 0 Å². The number of rotatable bonds is 8. The van der Waals surface area contributed by atoms with Gasteiger partial charge in [0.2, 0.25) is 0 Å². The number of aliphatic carboxylic acids is 1. The van der Waals surface area contributed by atoms with E-state index >= 15 is 0 Å². The van der Waals surface area contributed by atoms with Crippen LogP contribution in [-0.2, 0) is 23.9 Å². The molecule has 4 fully saturated rings. The SMILES string of the molecule is CC(CCC(=O)OC(C)(C)C)C1CC[C@H]2C3CC[C@@H]4C[C@H](OC(=O)CCC(=O)O)CC[C@]4(C)C3CC[C@]12C. The molecule has 1 N–H and O–H groups in total. The van der Waals surface area contributed by atoms with Gasteiger partial charge in [0.25, 0.3) is 0 Å². The Morgan fingerprint density at radius 3 is 2.24 bits per heavy atom. The van der Waals surface area contributed by atoms with E-state index in [1.807, 2.05) is 20.8 Å². The van der Waals surface area contributed by atoms with Crippen molar-refractivity contribution in [1.82, 2.24) is 0 Å². The standard InChI is InChI=1S/C32H52O6/c1-20(7-13-29(36)38-30(2,3)4)24-10-11-25-23-9-8-21-19-22(37-28(35)14-12-27(33)34)15-17-31(21,5)26(23)16-18-32(24,25)6/h20-26H,7-19H2,1-6H3,(H,33,34)/t20?,21-,22-,23?,24?,25+,26?,31+,32-/m1/s1. The minimum Gasteiger partial charge on any atom is -0.481 e. The molecular weight excluding hydrogens is 480 g/mol. The van der Waals surface area contributed by atoms with Gasteiger partial charge < -0.3 is 14.6 Å². The van der Waals surface area contributed by atoms with E-state index in [1.165, 1.54) is 38.5 Å². The molecule has 0 amide bonds. The van der Waals surface area contributed by atoms with E-state index in [1.54, 1.807) is 0 Å². The molecule has 4 aliphatic carbocycles. The summed E-state index contributed by atoms with van der Waals surface area (Å²) in [6.07, 6.45) is 11.8. The van der Waals surface area contributed by atoms with E-state index in [0.717, 1.165) is 43.4 Å². The lowest BCUT2D eigenvalue weighted by molar-refractivity contribution is -0.164. The number of hydrogen-bond acceptors (Lipinski definition) is 5. The van der Waals surface area contributed by atoms with Crippen LogP contribution in [0.1, 0.15) is 125 Å². The summed E-state index contributed by atoms with van der Waals surface area (Å²) in [6, 6.07) is 0. The Balaban J connectivity index is 1.35. The average molecular weight is 533 g/mol. The van der Waals surface area contributed by atoms with Crippen molar-refractivity contribution in [3.8, 4) is 0 Å². The zero-order valence-electron chi connectivity index (χ0n) is 24.7. The van der Waals surface area contributed by atoms with Crippen molar-refractivity contribution >= 4 is 17.9 Å². The summed E-state index contributed by atoms with van der Waals surface area (Å²) in [5.41, 5.74) is 0.266. The van der Waals surface area contributed by atoms with Gasteiger partial charge in [-0.25, -0.2) is 0 Å². The molecule has 4 unspecified atom stereocenters. The maximum absolute atomic E-state index is 12.4. The second kappa shape index (κ2) is 11.1. The largest absolute Gasteiger partial charge is 0.481 e. The summed E-state index contributed by atoms with van der Waals surface area (Å²) in [4.78, 5) is 35.3. The van der Waals surface area contributed by atoms with Crippen LogP contribution in [0, 0.1) is 46.3 Å². The Morgan fingerprint density at radius 1 is 0.868 bits per heavy atom. The maximum Gasteiger partial charge on any atom is 0.306 e. The van der Waals surface area contributed by atoms with Gasteiger partial charge in [-0.15, -0.1) is 0 Å². The lowest BCUT2D eigenvalue weighted by atomic mass is 9.44. The van der Waals surface area contributed by atoms with Gasteiger partial charge in [0.15, 0.2) is 0 Å². The maximum atomic E-state index is 12.4. The zero-order chi connectivity index (χ0) is 27.9. The molecule has 0 aromatic heterocycles. The molecule has 0 aromatic rings. The Hall–Kier alpha value is -1.59. The lowest BCUT2D eigenvalue weighted by Crippen LogP contribution is -2.54. The normalized spacial score (nSPS) is 39.3. The van der Waals surface area contributed by atoms with Crippen molar-refractivity contribution < 1.29 is 29.0 Å². The van der Waals surface area contributed by atoms with Crippen LogP contribution < -0.4 is 0 Å². The number of carbonyl (C=O) groups excluding carboxylic acids is 2. The molecule has 0 radical (unpaired) electrons. The van der Waals surface area contributed by atoms with Gasteiger partial charge in [-0.05, 0) is 131 Å². The average Bonchev–Trinajstić information content (AvgIpc) is 3.17. The molecule has 6 heteroatoms. The molecule has 0 bridgehead atoms. The van der Waals surface area contributed by atoms with Crippen LogP contribution in [0.15, 0.2) is 0 Å². The predicted molar refractivity (Wildman–Crippen MR) is 146 cm³/mol. The molecule has 0 spiro atoms. The molecule has 6 nitrogen and oxygen atoms in total. The fraction of sp³-hybridized carbons (Fsp3) is 0.906. The van der Waals surface area contributed by atoms with Crippen molar-refractivity contribution in [2.45, 2.75) is 137 Å². The number of carboxylic acids is 1. The molecule has 0 saturated heterocycles. The number of esters is 2. The summed E-state index contributed by atoms with van der Waals surface area (Å²) in [5, 5.41) is 8.86. The molecule has 9 atom stereocenters. The molecule has 216 valence electrons. The van der Waals surface area contributed by atoms with Gasteiger partial charge in [-0.3, -0.25) is 14.4 Å². The first-order chi connectivity index (χ1) is 17.7. The third-order valence-electron chi connectivity index (χ3n) is 11.4. The highest BCUT2D eigenvalue weighted by Gasteiger charge is 2.60. The Morgan fingerprint density at radius 2 is 1.55 bits per heavy atom. The molecule has 0 heterocycles. The van der Waals surface area contributed by atoms with Crippen LogP contribution in [0.4, 0.5) is 0 Å². The van der Waals surface area contributed by atoms with E-state index in [9.17, 15) is 14.4 Å². The third-order valence-corrected chi connectivity index (χ3v) is 11.4. The Bertz CT molecular complexity index is 891. The fourth-order valence-electron chi connectivity index (χ4n) is 9.69. The van der Waals surface area contributed by atoms with Gasteiger partial charge in [0.1, 0.15) is 11.7 Å². The van der Waals surface area contributed by atoms with Crippen molar-refractivity contribution in [2.75, 3.05) is 0 Å². The third kappa shape index (κ3) is 6.09. The number of hydrogen-bond donors (Lipinski definition) is 1. The van der Waals surface area contributed by atoms with Gasteiger partial charge in [0, 0.05) is 6.42 Å². The first kappa shape index (κ1) is 29.4. The highest BCUT2D eigenvalue weighted by atomic mass is 16.6. The minimum absolute atomic E-state index is 0.0317. The number of carbonyl (C=O) groups is 3. The molecule has 4 rings (SSSR count). The van der Waals surface area contributed by atoms with Crippen molar-refractivity contribution in [3.05, 3.63) is 0 Å². The summed E-state index contributed by atoms with van der Waals surface area (Å²) in [7, 11) is 0. The zero-order valence-corrected chi connectivity index (χ0v) is 24.7. The molecular formula is C32H52O6.